The van der Waals surface area contributed by atoms with Gasteiger partial charge in [-0.25, -0.2) is 13.4 Å². The molecule has 0 saturated heterocycles. The van der Waals surface area contributed by atoms with Crippen LogP contribution in [-0.2, 0) is 10.0 Å². The molecule has 3 aromatic rings. The summed E-state index contributed by atoms with van der Waals surface area (Å²) in [5, 5.41) is 15.3. The number of rotatable bonds is 7. The van der Waals surface area contributed by atoms with Crippen molar-refractivity contribution in [3.05, 3.63) is 59.2 Å². The maximum atomic E-state index is 11.6. The molecule has 154 valence electrons. The highest BCUT2D eigenvalue weighted by atomic mass is 35.5. The summed E-state index contributed by atoms with van der Waals surface area (Å²) in [5.74, 6) is 0.959. The Morgan fingerprint density at radius 2 is 1.83 bits per heavy atom. The minimum absolute atomic E-state index is 0.198. The lowest BCUT2D eigenvalue weighted by Crippen LogP contribution is -2.11. The third-order valence-electron chi connectivity index (χ3n) is 3.79. The van der Waals surface area contributed by atoms with Gasteiger partial charge in [0.1, 0.15) is 10.8 Å². The smallest absolute Gasteiger partial charge is 0.229 e. The van der Waals surface area contributed by atoms with Crippen molar-refractivity contribution in [3.8, 4) is 11.8 Å². The number of anilines is 5. The SMILES string of the molecule is COc1ccc(C#N)cc1Nc1ncc(Cl)c(Nc2ccccc2NS(C)(=O)=O)n1. The lowest BCUT2D eigenvalue weighted by Gasteiger charge is -2.14. The van der Waals surface area contributed by atoms with Crippen molar-refractivity contribution in [1.29, 1.82) is 5.26 Å². The van der Waals surface area contributed by atoms with Crippen LogP contribution in [0.3, 0.4) is 0 Å². The second-order valence-corrected chi connectivity index (χ2v) is 8.24. The zero-order valence-electron chi connectivity index (χ0n) is 16.0. The minimum Gasteiger partial charge on any atom is -0.495 e. The van der Waals surface area contributed by atoms with Gasteiger partial charge in [0.15, 0.2) is 5.82 Å². The summed E-state index contributed by atoms with van der Waals surface area (Å²) in [5.41, 5.74) is 1.74. The highest BCUT2D eigenvalue weighted by Crippen LogP contribution is 2.31. The van der Waals surface area contributed by atoms with E-state index < -0.39 is 10.0 Å². The maximum Gasteiger partial charge on any atom is 0.229 e. The van der Waals surface area contributed by atoms with Gasteiger partial charge >= 0.3 is 0 Å². The van der Waals surface area contributed by atoms with Gasteiger partial charge in [0.2, 0.25) is 16.0 Å². The van der Waals surface area contributed by atoms with E-state index in [1.54, 1.807) is 42.5 Å². The number of nitriles is 1. The molecule has 0 amide bonds. The molecule has 0 bridgehead atoms. The fraction of sp³-hybridized carbons (Fsp3) is 0.105. The molecule has 11 heteroatoms. The first kappa shape index (κ1) is 21.2. The molecule has 30 heavy (non-hydrogen) atoms. The van der Waals surface area contributed by atoms with Gasteiger partial charge in [-0.05, 0) is 30.3 Å². The first-order valence-corrected chi connectivity index (χ1v) is 10.8. The molecule has 2 aromatic carbocycles. The zero-order chi connectivity index (χ0) is 21.7. The van der Waals surface area contributed by atoms with Gasteiger partial charge in [0.05, 0.1) is 48.3 Å². The van der Waals surface area contributed by atoms with Crippen LogP contribution in [0.5, 0.6) is 5.75 Å². The van der Waals surface area contributed by atoms with E-state index in [2.05, 4.69) is 31.4 Å². The van der Waals surface area contributed by atoms with Crippen LogP contribution in [0.1, 0.15) is 5.56 Å². The molecule has 0 aliphatic carbocycles. The van der Waals surface area contributed by atoms with E-state index >= 15 is 0 Å². The van der Waals surface area contributed by atoms with Gasteiger partial charge in [-0.1, -0.05) is 23.7 Å². The molecule has 0 radical (unpaired) electrons. The average Bonchev–Trinajstić information content (AvgIpc) is 2.70. The summed E-state index contributed by atoms with van der Waals surface area (Å²) < 4.78 is 30.9. The van der Waals surface area contributed by atoms with Crippen LogP contribution in [-0.4, -0.2) is 31.8 Å². The Balaban J connectivity index is 1.92. The van der Waals surface area contributed by atoms with E-state index in [1.165, 1.54) is 13.3 Å². The molecule has 0 saturated carbocycles. The summed E-state index contributed by atoms with van der Waals surface area (Å²) >= 11 is 6.22. The monoisotopic (exact) mass is 444 g/mol. The number of nitrogens with zero attached hydrogens (tertiary/aromatic N) is 3. The molecular formula is C19H17ClN6O3S. The van der Waals surface area contributed by atoms with Crippen molar-refractivity contribution in [1.82, 2.24) is 9.97 Å². The Morgan fingerprint density at radius 1 is 1.10 bits per heavy atom. The predicted octanol–water partition coefficient (Wildman–Crippen LogP) is 3.87. The lowest BCUT2D eigenvalue weighted by atomic mass is 10.2. The van der Waals surface area contributed by atoms with Gasteiger partial charge in [-0.3, -0.25) is 4.72 Å². The number of methoxy groups -OCH3 is 1. The third-order valence-corrected chi connectivity index (χ3v) is 4.66. The summed E-state index contributed by atoms with van der Waals surface area (Å²) in [6.45, 7) is 0. The average molecular weight is 445 g/mol. The maximum absolute atomic E-state index is 11.6. The largest absolute Gasteiger partial charge is 0.495 e. The van der Waals surface area contributed by atoms with Crippen molar-refractivity contribution in [2.45, 2.75) is 0 Å². The number of halogens is 1. The van der Waals surface area contributed by atoms with Crippen LogP contribution < -0.4 is 20.1 Å². The molecular weight excluding hydrogens is 428 g/mol. The molecule has 0 spiro atoms. The number of para-hydroxylation sites is 2. The summed E-state index contributed by atoms with van der Waals surface area (Å²) in [7, 11) is -1.97. The molecule has 3 rings (SSSR count). The van der Waals surface area contributed by atoms with Crippen molar-refractivity contribution in [2.24, 2.45) is 0 Å². The highest BCUT2D eigenvalue weighted by molar-refractivity contribution is 7.92. The Hall–Kier alpha value is -3.55. The van der Waals surface area contributed by atoms with E-state index in [0.29, 0.717) is 28.4 Å². The van der Waals surface area contributed by atoms with Gasteiger partial charge in [0.25, 0.3) is 0 Å². The van der Waals surface area contributed by atoms with E-state index in [1.807, 2.05) is 0 Å². The van der Waals surface area contributed by atoms with Crippen LogP contribution in [0.2, 0.25) is 5.02 Å². The summed E-state index contributed by atoms with van der Waals surface area (Å²) in [4.78, 5) is 8.49. The molecule has 0 aliphatic heterocycles. The number of aromatic nitrogens is 2. The van der Waals surface area contributed by atoms with Crippen LogP contribution in [0.4, 0.5) is 28.8 Å². The molecule has 0 unspecified atom stereocenters. The predicted molar refractivity (Wildman–Crippen MR) is 116 cm³/mol. The fourth-order valence-electron chi connectivity index (χ4n) is 2.52. The van der Waals surface area contributed by atoms with Crippen molar-refractivity contribution in [3.63, 3.8) is 0 Å². The number of sulfonamides is 1. The third kappa shape index (κ3) is 5.28. The second-order valence-electron chi connectivity index (χ2n) is 6.09. The van der Waals surface area contributed by atoms with Crippen molar-refractivity contribution >= 4 is 50.5 Å². The normalized spacial score (nSPS) is 10.7. The second kappa shape index (κ2) is 8.86. The summed E-state index contributed by atoms with van der Waals surface area (Å²) in [6.07, 6.45) is 2.46. The lowest BCUT2D eigenvalue weighted by molar-refractivity contribution is 0.416. The molecule has 3 N–H and O–H groups in total. The number of ether oxygens (including phenoxy) is 1. The highest BCUT2D eigenvalue weighted by Gasteiger charge is 2.12. The Bertz CT molecular complexity index is 1230. The Labute approximate surface area is 178 Å². The minimum atomic E-state index is -3.47. The van der Waals surface area contributed by atoms with E-state index in [9.17, 15) is 8.42 Å². The number of hydrogen-bond acceptors (Lipinski definition) is 8. The number of benzene rings is 2. The van der Waals surface area contributed by atoms with Gasteiger partial charge in [-0.2, -0.15) is 10.2 Å². The molecule has 1 heterocycles. The molecule has 0 aliphatic rings. The van der Waals surface area contributed by atoms with Crippen molar-refractivity contribution < 1.29 is 13.2 Å². The summed E-state index contributed by atoms with van der Waals surface area (Å²) in [6, 6.07) is 13.7. The Kier molecular flexibility index (Phi) is 6.25. The van der Waals surface area contributed by atoms with Crippen LogP contribution in [0.25, 0.3) is 0 Å². The molecule has 1 aromatic heterocycles. The molecule has 0 fully saturated rings. The standard InChI is InChI=1S/C19H17ClN6O3S/c1-29-17-8-7-12(10-21)9-16(17)24-19-22-11-13(20)18(25-19)23-14-5-3-4-6-15(14)26-30(2,27)28/h3-9,11,26H,1-2H3,(H2,22,23,24,25). The first-order valence-electron chi connectivity index (χ1n) is 8.50. The number of hydrogen-bond donors (Lipinski definition) is 3. The van der Waals surface area contributed by atoms with Crippen molar-refractivity contribution in [2.75, 3.05) is 28.7 Å². The van der Waals surface area contributed by atoms with Crippen LogP contribution in [0.15, 0.2) is 48.7 Å². The van der Waals surface area contributed by atoms with E-state index in [-0.39, 0.29) is 16.8 Å². The fourth-order valence-corrected chi connectivity index (χ4v) is 3.23. The Morgan fingerprint density at radius 3 is 2.50 bits per heavy atom. The van der Waals surface area contributed by atoms with Crippen LogP contribution >= 0.6 is 11.6 Å². The zero-order valence-corrected chi connectivity index (χ0v) is 17.5. The molecule has 0 atom stereocenters. The van der Waals surface area contributed by atoms with Crippen LogP contribution in [0, 0.1) is 11.3 Å². The quantitative estimate of drug-likeness (QED) is 0.500. The van der Waals surface area contributed by atoms with Gasteiger partial charge in [-0.15, -0.1) is 0 Å². The number of nitrogens with one attached hydrogen (secondary N) is 3. The molecule has 9 nitrogen and oxygen atoms in total. The first-order chi connectivity index (χ1) is 14.3. The van der Waals surface area contributed by atoms with E-state index in [4.69, 9.17) is 21.6 Å². The topological polar surface area (TPSA) is 129 Å². The van der Waals surface area contributed by atoms with Gasteiger partial charge in [0, 0.05) is 0 Å². The van der Waals surface area contributed by atoms with E-state index in [0.717, 1.165) is 6.26 Å². The van der Waals surface area contributed by atoms with Gasteiger partial charge < -0.3 is 15.4 Å².